The van der Waals surface area contributed by atoms with Gasteiger partial charge in [0.15, 0.2) is 0 Å². The fourth-order valence-electron chi connectivity index (χ4n) is 3.01. The van der Waals surface area contributed by atoms with Gasteiger partial charge in [0, 0.05) is 38.6 Å². The fraction of sp³-hybridized carbons (Fsp3) is 0.0526. The Morgan fingerprint density at radius 2 is 1.65 bits per heavy atom. The summed E-state index contributed by atoms with van der Waals surface area (Å²) >= 11 is 18.6. The molecule has 2 heterocycles. The summed E-state index contributed by atoms with van der Waals surface area (Å²) in [5.74, 6) is 0. The van der Waals surface area contributed by atoms with Crippen LogP contribution in [-0.2, 0) is 0 Å². The van der Waals surface area contributed by atoms with Crippen molar-refractivity contribution in [3.8, 4) is 11.1 Å². The third kappa shape index (κ3) is 3.23. The van der Waals surface area contributed by atoms with Crippen LogP contribution in [0.3, 0.4) is 0 Å². The first-order chi connectivity index (χ1) is 12.6. The van der Waals surface area contributed by atoms with Crippen LogP contribution < -0.4 is 0 Å². The Balaban J connectivity index is 1.89. The highest BCUT2D eigenvalue weighted by atomic mass is 35.5. The first-order valence-electron chi connectivity index (χ1n) is 7.85. The summed E-state index contributed by atoms with van der Waals surface area (Å²) in [6.45, 7) is 0. The number of aromatic nitrogens is 4. The van der Waals surface area contributed by atoms with E-state index in [-0.39, 0.29) is 6.04 Å². The fourth-order valence-corrected chi connectivity index (χ4v) is 3.65. The highest BCUT2D eigenvalue weighted by molar-refractivity contribution is 6.35. The summed E-state index contributed by atoms with van der Waals surface area (Å²) in [6.07, 6.45) is 7.08. The second kappa shape index (κ2) is 7.16. The van der Waals surface area contributed by atoms with Gasteiger partial charge < -0.3 is 4.98 Å². The smallest absolute Gasteiger partial charge is 0.137 e. The Morgan fingerprint density at radius 1 is 0.885 bits per heavy atom. The van der Waals surface area contributed by atoms with Gasteiger partial charge in [0.05, 0.1) is 0 Å². The maximum Gasteiger partial charge on any atom is 0.137 e. The largest absolute Gasteiger partial charge is 0.367 e. The van der Waals surface area contributed by atoms with E-state index < -0.39 is 0 Å². The molecule has 0 aliphatic carbocycles. The molecule has 0 spiro atoms. The van der Waals surface area contributed by atoms with Crippen LogP contribution in [-0.4, -0.2) is 19.7 Å². The molecule has 4 nitrogen and oxygen atoms in total. The zero-order valence-electron chi connectivity index (χ0n) is 13.4. The SMILES string of the molecule is Clc1ccc(-c2c[nH]cc2[C@@H](c2ccc(Cl)cc2Cl)n2cncn2)cc1. The van der Waals surface area contributed by atoms with Crippen molar-refractivity contribution in [3.63, 3.8) is 0 Å². The predicted octanol–water partition coefficient (Wildman–Crippen LogP) is 5.87. The first-order valence-corrected chi connectivity index (χ1v) is 8.98. The van der Waals surface area contributed by atoms with E-state index in [9.17, 15) is 0 Å². The van der Waals surface area contributed by atoms with Gasteiger partial charge in [-0.15, -0.1) is 0 Å². The van der Waals surface area contributed by atoms with E-state index >= 15 is 0 Å². The molecule has 7 heteroatoms. The van der Waals surface area contributed by atoms with Crippen molar-refractivity contribution in [1.29, 1.82) is 0 Å². The highest BCUT2D eigenvalue weighted by Crippen LogP contribution is 2.37. The summed E-state index contributed by atoms with van der Waals surface area (Å²) < 4.78 is 1.78. The van der Waals surface area contributed by atoms with E-state index in [1.165, 1.54) is 6.33 Å². The Labute approximate surface area is 165 Å². The van der Waals surface area contributed by atoms with Crippen molar-refractivity contribution in [1.82, 2.24) is 19.7 Å². The lowest BCUT2D eigenvalue weighted by atomic mass is 9.94. The lowest BCUT2D eigenvalue weighted by Crippen LogP contribution is -2.13. The van der Waals surface area contributed by atoms with Crippen molar-refractivity contribution < 1.29 is 0 Å². The molecule has 0 bridgehead atoms. The molecule has 0 saturated heterocycles. The third-order valence-electron chi connectivity index (χ3n) is 4.19. The van der Waals surface area contributed by atoms with Crippen molar-refractivity contribution in [2.45, 2.75) is 6.04 Å². The number of H-pyrrole nitrogens is 1. The molecule has 0 saturated carbocycles. The maximum atomic E-state index is 6.50. The first kappa shape index (κ1) is 17.2. The summed E-state index contributed by atoms with van der Waals surface area (Å²) in [6, 6.07) is 12.9. The highest BCUT2D eigenvalue weighted by Gasteiger charge is 2.24. The van der Waals surface area contributed by atoms with Gasteiger partial charge in [0.25, 0.3) is 0 Å². The molecular formula is C19H13Cl3N4. The third-order valence-corrected chi connectivity index (χ3v) is 5.00. The van der Waals surface area contributed by atoms with Gasteiger partial charge in [-0.3, -0.25) is 0 Å². The predicted molar refractivity (Wildman–Crippen MR) is 105 cm³/mol. The monoisotopic (exact) mass is 402 g/mol. The zero-order valence-corrected chi connectivity index (χ0v) is 15.7. The Kier molecular flexibility index (Phi) is 4.72. The summed E-state index contributed by atoms with van der Waals surface area (Å²) in [7, 11) is 0. The van der Waals surface area contributed by atoms with Gasteiger partial charge in [-0.05, 0) is 35.4 Å². The van der Waals surface area contributed by atoms with E-state index in [0.717, 1.165) is 22.3 Å². The van der Waals surface area contributed by atoms with Gasteiger partial charge in [-0.25, -0.2) is 9.67 Å². The van der Waals surface area contributed by atoms with Crippen molar-refractivity contribution in [2.75, 3.05) is 0 Å². The quantitative estimate of drug-likeness (QED) is 0.463. The van der Waals surface area contributed by atoms with Gasteiger partial charge in [0.1, 0.15) is 18.7 Å². The van der Waals surface area contributed by atoms with E-state index in [2.05, 4.69) is 15.1 Å². The van der Waals surface area contributed by atoms with Crippen LogP contribution in [0.15, 0.2) is 67.5 Å². The molecule has 0 aliphatic rings. The average molecular weight is 404 g/mol. The molecule has 0 unspecified atom stereocenters. The number of hydrogen-bond donors (Lipinski definition) is 1. The lowest BCUT2D eigenvalue weighted by molar-refractivity contribution is 0.595. The van der Waals surface area contributed by atoms with Gasteiger partial charge in [-0.2, -0.15) is 5.10 Å². The van der Waals surface area contributed by atoms with Crippen LogP contribution in [0.25, 0.3) is 11.1 Å². The number of nitrogens with one attached hydrogen (secondary N) is 1. The van der Waals surface area contributed by atoms with Gasteiger partial charge in [0.2, 0.25) is 0 Å². The molecule has 0 amide bonds. The molecule has 1 atom stereocenters. The van der Waals surface area contributed by atoms with Crippen molar-refractivity contribution in [3.05, 3.63) is 93.7 Å². The Morgan fingerprint density at radius 3 is 2.35 bits per heavy atom. The zero-order chi connectivity index (χ0) is 18.1. The van der Waals surface area contributed by atoms with Crippen LogP contribution in [0.2, 0.25) is 15.1 Å². The van der Waals surface area contributed by atoms with Gasteiger partial charge >= 0.3 is 0 Å². The summed E-state index contributed by atoms with van der Waals surface area (Å²) in [5.41, 5.74) is 3.98. The van der Waals surface area contributed by atoms with Gasteiger partial charge in [-0.1, -0.05) is 53.0 Å². The molecule has 0 radical (unpaired) electrons. The van der Waals surface area contributed by atoms with Crippen molar-refractivity contribution in [2.24, 2.45) is 0 Å². The summed E-state index contributed by atoms with van der Waals surface area (Å²) in [5, 5.41) is 6.19. The molecule has 2 aromatic heterocycles. The Bertz CT molecular complexity index is 1020. The molecule has 0 aliphatic heterocycles. The Hall–Kier alpha value is -2.27. The number of halogens is 3. The number of aromatic amines is 1. The summed E-state index contributed by atoms with van der Waals surface area (Å²) in [4.78, 5) is 7.29. The minimum Gasteiger partial charge on any atom is -0.367 e. The molecule has 130 valence electrons. The molecule has 26 heavy (non-hydrogen) atoms. The second-order valence-corrected chi connectivity index (χ2v) is 7.06. The van der Waals surface area contributed by atoms with E-state index in [1.807, 2.05) is 48.8 Å². The molecular weight excluding hydrogens is 391 g/mol. The number of hydrogen-bond acceptors (Lipinski definition) is 2. The minimum atomic E-state index is -0.251. The van der Waals surface area contributed by atoms with Crippen LogP contribution in [0, 0.1) is 0 Å². The van der Waals surface area contributed by atoms with Crippen molar-refractivity contribution >= 4 is 34.8 Å². The number of benzene rings is 2. The lowest BCUT2D eigenvalue weighted by Gasteiger charge is -2.20. The topological polar surface area (TPSA) is 46.5 Å². The molecule has 2 aromatic carbocycles. The van der Waals surface area contributed by atoms with E-state index in [0.29, 0.717) is 15.1 Å². The second-order valence-electron chi connectivity index (χ2n) is 5.78. The maximum absolute atomic E-state index is 6.50. The molecule has 4 rings (SSSR count). The normalized spacial score (nSPS) is 12.3. The molecule has 4 aromatic rings. The number of rotatable bonds is 4. The minimum absolute atomic E-state index is 0.251. The van der Waals surface area contributed by atoms with E-state index in [4.69, 9.17) is 34.8 Å². The standard InChI is InChI=1S/C19H13Cl3N4/c20-13-3-1-12(2-4-13)16-8-23-9-17(16)19(26-11-24-10-25-26)15-6-5-14(21)7-18(15)22/h1-11,19,23H/t19-/m1/s1. The molecule has 0 fully saturated rings. The van der Waals surface area contributed by atoms with Crippen LogP contribution in [0.5, 0.6) is 0 Å². The molecule has 1 N–H and O–H groups in total. The average Bonchev–Trinajstić information content (AvgIpc) is 3.30. The van der Waals surface area contributed by atoms with Crippen LogP contribution >= 0.6 is 34.8 Å². The number of nitrogens with zero attached hydrogens (tertiary/aromatic N) is 3. The van der Waals surface area contributed by atoms with Crippen LogP contribution in [0.1, 0.15) is 17.2 Å². The van der Waals surface area contributed by atoms with Crippen LogP contribution in [0.4, 0.5) is 0 Å². The van der Waals surface area contributed by atoms with E-state index in [1.54, 1.807) is 17.1 Å².